The number of hydrogen-bond donors (Lipinski definition) is 1. The molecule has 140 valence electrons. The molecule has 2 aromatic rings. The van der Waals surface area contributed by atoms with E-state index in [2.05, 4.69) is 33.7 Å². The van der Waals surface area contributed by atoms with Crippen molar-refractivity contribution in [1.29, 1.82) is 0 Å². The van der Waals surface area contributed by atoms with Crippen LogP contribution >= 0.6 is 11.3 Å². The first-order valence-corrected chi connectivity index (χ1v) is 9.50. The summed E-state index contributed by atoms with van der Waals surface area (Å²) in [6, 6.07) is 2.02. The topological polar surface area (TPSA) is 70.6 Å². The maximum atomic E-state index is 13.3. The number of carbonyl (C=O) groups is 1. The molecule has 7 nitrogen and oxygen atoms in total. The highest BCUT2D eigenvalue weighted by molar-refractivity contribution is 7.10. The first-order chi connectivity index (χ1) is 12.4. The molecule has 1 aliphatic heterocycles. The van der Waals surface area contributed by atoms with Crippen LogP contribution < -0.4 is 15.0 Å². The number of thiophene rings is 1. The van der Waals surface area contributed by atoms with Crippen molar-refractivity contribution in [3.05, 3.63) is 33.3 Å². The number of aromatic nitrogens is 2. The highest BCUT2D eigenvalue weighted by atomic mass is 32.1. The molecule has 1 N–H and O–H groups in total. The van der Waals surface area contributed by atoms with Gasteiger partial charge >= 0.3 is 6.03 Å². The van der Waals surface area contributed by atoms with Crippen LogP contribution in [0.1, 0.15) is 27.9 Å². The molecule has 3 rings (SSSR count). The van der Waals surface area contributed by atoms with Gasteiger partial charge in [0.1, 0.15) is 0 Å². The van der Waals surface area contributed by atoms with Gasteiger partial charge in [-0.2, -0.15) is 0 Å². The SMILES string of the molecule is COc1nc(C)c(C)nc1N(C)C(=O)N1CCNCC1c1ccsc1C. The molecule has 8 heteroatoms. The Balaban J connectivity index is 1.92. The van der Waals surface area contributed by atoms with Crippen molar-refractivity contribution < 1.29 is 9.53 Å². The van der Waals surface area contributed by atoms with E-state index in [4.69, 9.17) is 4.74 Å². The zero-order valence-electron chi connectivity index (χ0n) is 15.9. The van der Waals surface area contributed by atoms with E-state index in [9.17, 15) is 4.79 Å². The Hall–Kier alpha value is -2.19. The number of aryl methyl sites for hydroxylation is 3. The Labute approximate surface area is 158 Å². The molecule has 0 saturated carbocycles. The molecule has 1 unspecified atom stereocenters. The normalized spacial score (nSPS) is 17.3. The van der Waals surface area contributed by atoms with Crippen molar-refractivity contribution in [2.75, 3.05) is 38.7 Å². The number of piperazine rings is 1. The summed E-state index contributed by atoms with van der Waals surface area (Å²) < 4.78 is 5.36. The second kappa shape index (κ2) is 7.59. The van der Waals surface area contributed by atoms with Crippen LogP contribution in [0.25, 0.3) is 0 Å². The number of amides is 2. The number of urea groups is 1. The fourth-order valence-corrected chi connectivity index (χ4v) is 3.92. The lowest BCUT2D eigenvalue weighted by molar-refractivity contribution is 0.165. The number of rotatable bonds is 3. The van der Waals surface area contributed by atoms with Gasteiger partial charge in [-0.05, 0) is 37.8 Å². The molecule has 2 aromatic heterocycles. The van der Waals surface area contributed by atoms with E-state index >= 15 is 0 Å². The predicted molar refractivity (Wildman–Crippen MR) is 103 cm³/mol. The van der Waals surface area contributed by atoms with Gasteiger partial charge in [0.2, 0.25) is 0 Å². The molecule has 0 spiro atoms. The van der Waals surface area contributed by atoms with Crippen LogP contribution in [-0.2, 0) is 0 Å². The number of carbonyl (C=O) groups excluding carboxylic acids is 1. The van der Waals surface area contributed by atoms with Crippen LogP contribution in [0, 0.1) is 20.8 Å². The molecule has 1 fully saturated rings. The van der Waals surface area contributed by atoms with Crippen LogP contribution in [-0.4, -0.2) is 54.7 Å². The lowest BCUT2D eigenvalue weighted by Crippen LogP contribution is -2.52. The molecular weight excluding hydrogens is 350 g/mol. The quantitative estimate of drug-likeness (QED) is 0.893. The fourth-order valence-electron chi connectivity index (χ4n) is 3.16. The molecule has 0 aromatic carbocycles. The van der Waals surface area contributed by atoms with Crippen LogP contribution in [0.4, 0.5) is 10.6 Å². The highest BCUT2D eigenvalue weighted by Gasteiger charge is 2.33. The number of methoxy groups -OCH3 is 1. The Bertz CT molecular complexity index is 807. The summed E-state index contributed by atoms with van der Waals surface area (Å²) in [4.78, 5) is 26.9. The van der Waals surface area contributed by atoms with Crippen molar-refractivity contribution in [3.8, 4) is 5.88 Å². The maximum absolute atomic E-state index is 13.3. The monoisotopic (exact) mass is 375 g/mol. The minimum Gasteiger partial charge on any atom is -0.478 e. The fraction of sp³-hybridized carbons (Fsp3) is 0.500. The van der Waals surface area contributed by atoms with Gasteiger partial charge < -0.3 is 15.0 Å². The summed E-state index contributed by atoms with van der Waals surface area (Å²) in [7, 11) is 3.27. The van der Waals surface area contributed by atoms with Gasteiger partial charge in [-0.15, -0.1) is 11.3 Å². The van der Waals surface area contributed by atoms with Crippen molar-refractivity contribution in [1.82, 2.24) is 20.2 Å². The molecule has 1 saturated heterocycles. The summed E-state index contributed by atoms with van der Waals surface area (Å²) in [6.07, 6.45) is 0. The van der Waals surface area contributed by atoms with Gasteiger partial charge in [-0.1, -0.05) is 0 Å². The van der Waals surface area contributed by atoms with Gasteiger partial charge in [0.25, 0.3) is 5.88 Å². The lowest BCUT2D eigenvalue weighted by Gasteiger charge is -2.38. The summed E-state index contributed by atoms with van der Waals surface area (Å²) >= 11 is 1.70. The van der Waals surface area contributed by atoms with Crippen molar-refractivity contribution in [2.24, 2.45) is 0 Å². The first kappa shape index (κ1) is 18.6. The van der Waals surface area contributed by atoms with Gasteiger partial charge in [-0.25, -0.2) is 14.8 Å². The molecule has 26 heavy (non-hydrogen) atoms. The Morgan fingerprint density at radius 1 is 1.35 bits per heavy atom. The van der Waals surface area contributed by atoms with Gasteiger partial charge in [0, 0.05) is 31.6 Å². The average molecular weight is 375 g/mol. The molecule has 1 aliphatic rings. The summed E-state index contributed by atoms with van der Waals surface area (Å²) in [5.74, 6) is 0.808. The summed E-state index contributed by atoms with van der Waals surface area (Å²) in [6.45, 7) is 8.01. The smallest absolute Gasteiger partial charge is 0.326 e. The van der Waals surface area contributed by atoms with E-state index < -0.39 is 0 Å². The second-order valence-corrected chi connectivity index (χ2v) is 7.53. The largest absolute Gasteiger partial charge is 0.478 e. The van der Waals surface area contributed by atoms with Crippen molar-refractivity contribution >= 4 is 23.2 Å². The van der Waals surface area contributed by atoms with E-state index in [-0.39, 0.29) is 12.1 Å². The predicted octanol–water partition coefficient (Wildman–Crippen LogP) is 2.67. The summed E-state index contributed by atoms with van der Waals surface area (Å²) in [5.41, 5.74) is 2.77. The van der Waals surface area contributed by atoms with E-state index in [0.29, 0.717) is 18.2 Å². The third-order valence-electron chi connectivity index (χ3n) is 4.80. The molecular formula is C18H25N5O2S. The lowest BCUT2D eigenvalue weighted by atomic mass is 10.0. The van der Waals surface area contributed by atoms with Gasteiger partial charge in [0.15, 0.2) is 5.82 Å². The van der Waals surface area contributed by atoms with E-state index in [1.807, 2.05) is 18.7 Å². The van der Waals surface area contributed by atoms with E-state index in [0.717, 1.165) is 24.5 Å². The van der Waals surface area contributed by atoms with Crippen molar-refractivity contribution in [2.45, 2.75) is 26.8 Å². The molecule has 2 amide bonds. The zero-order chi connectivity index (χ0) is 18.8. The average Bonchev–Trinajstić information content (AvgIpc) is 3.08. The Morgan fingerprint density at radius 2 is 2.08 bits per heavy atom. The van der Waals surface area contributed by atoms with Crippen molar-refractivity contribution in [3.63, 3.8) is 0 Å². The second-order valence-electron chi connectivity index (χ2n) is 6.41. The van der Waals surface area contributed by atoms with Crippen LogP contribution in [0.15, 0.2) is 11.4 Å². The van der Waals surface area contributed by atoms with Gasteiger partial charge in [0.05, 0.1) is 24.5 Å². The number of nitrogens with one attached hydrogen (secondary N) is 1. The summed E-state index contributed by atoms with van der Waals surface area (Å²) in [5, 5.41) is 5.47. The molecule has 0 bridgehead atoms. The van der Waals surface area contributed by atoms with E-state index in [1.54, 1.807) is 25.5 Å². The highest BCUT2D eigenvalue weighted by Crippen LogP contribution is 2.31. The third-order valence-corrected chi connectivity index (χ3v) is 5.66. The number of nitrogens with zero attached hydrogens (tertiary/aromatic N) is 4. The van der Waals surface area contributed by atoms with Crippen LogP contribution in [0.5, 0.6) is 5.88 Å². The first-order valence-electron chi connectivity index (χ1n) is 8.62. The Morgan fingerprint density at radius 3 is 2.73 bits per heavy atom. The Kier molecular flexibility index (Phi) is 5.43. The standard InChI is InChI=1S/C18H25N5O2S/c1-11-12(2)21-17(25-5)16(20-11)22(4)18(24)23-8-7-19-10-15(23)14-6-9-26-13(14)3/h6,9,15,19H,7-8,10H2,1-5H3. The molecule has 0 aliphatic carbocycles. The number of anilines is 1. The molecule has 1 atom stereocenters. The third kappa shape index (κ3) is 3.39. The maximum Gasteiger partial charge on any atom is 0.326 e. The van der Waals surface area contributed by atoms with Crippen LogP contribution in [0.3, 0.4) is 0 Å². The molecule has 3 heterocycles. The number of ether oxygens (including phenoxy) is 1. The van der Waals surface area contributed by atoms with Gasteiger partial charge in [-0.3, -0.25) is 4.90 Å². The zero-order valence-corrected chi connectivity index (χ0v) is 16.7. The van der Waals surface area contributed by atoms with E-state index in [1.165, 1.54) is 15.3 Å². The molecule has 0 radical (unpaired) electrons. The minimum atomic E-state index is -0.0991. The number of hydrogen-bond acceptors (Lipinski definition) is 6. The minimum absolute atomic E-state index is 0.00968. The van der Waals surface area contributed by atoms with Crippen LogP contribution in [0.2, 0.25) is 0 Å².